The van der Waals surface area contributed by atoms with E-state index in [1.807, 2.05) is 12.1 Å². The molecule has 5 heteroatoms. The van der Waals surface area contributed by atoms with E-state index in [-0.39, 0.29) is 11.3 Å². The minimum atomic E-state index is -3.84. The van der Waals surface area contributed by atoms with Crippen LogP contribution in [0.2, 0.25) is 0 Å². The number of rotatable bonds is 5. The molecule has 0 unspecified atom stereocenters. The van der Waals surface area contributed by atoms with E-state index >= 15 is 0 Å². The van der Waals surface area contributed by atoms with Crippen molar-refractivity contribution in [2.75, 3.05) is 12.3 Å². The average Bonchev–Trinajstić information content (AvgIpc) is 2.63. The quantitative estimate of drug-likeness (QED) is 0.631. The van der Waals surface area contributed by atoms with E-state index in [9.17, 15) is 8.42 Å². The van der Waals surface area contributed by atoms with Gasteiger partial charge in [-0.3, -0.25) is 4.55 Å². The lowest BCUT2D eigenvalue weighted by Crippen LogP contribution is -2.38. The fourth-order valence-corrected chi connectivity index (χ4v) is 3.11. The van der Waals surface area contributed by atoms with Gasteiger partial charge in [0.05, 0.1) is 5.75 Å². The summed E-state index contributed by atoms with van der Waals surface area (Å²) in [6.07, 6.45) is 2.51. The Kier molecular flexibility index (Phi) is 3.75. The van der Waals surface area contributed by atoms with Gasteiger partial charge in [-0.1, -0.05) is 24.3 Å². The first-order valence-corrected chi connectivity index (χ1v) is 7.80. The zero-order valence-electron chi connectivity index (χ0n) is 10.5. The molecule has 0 aromatic heterocycles. The Morgan fingerprint density at radius 3 is 2.83 bits per heavy atom. The second kappa shape index (κ2) is 4.99. The second-order valence-electron chi connectivity index (χ2n) is 5.06. The van der Waals surface area contributed by atoms with Crippen LogP contribution in [-0.4, -0.2) is 25.3 Å². The lowest BCUT2D eigenvalue weighted by molar-refractivity contribution is 0.364. The fourth-order valence-electron chi connectivity index (χ4n) is 2.60. The molecule has 0 heterocycles. The third-order valence-electron chi connectivity index (χ3n) is 3.60. The first kappa shape index (κ1) is 13.5. The highest BCUT2D eigenvalue weighted by atomic mass is 32.2. The highest BCUT2D eigenvalue weighted by Gasteiger charge is 2.32. The molecule has 1 aromatic rings. The zero-order valence-corrected chi connectivity index (χ0v) is 11.3. The van der Waals surface area contributed by atoms with Crippen molar-refractivity contribution < 1.29 is 13.0 Å². The molecule has 0 spiro atoms. The number of fused-ring (bicyclic) bond motifs is 1. The number of hydrogen-bond donors (Lipinski definition) is 2. The molecule has 2 rings (SSSR count). The van der Waals surface area contributed by atoms with Crippen LogP contribution in [-0.2, 0) is 22.1 Å². The summed E-state index contributed by atoms with van der Waals surface area (Å²) >= 11 is 0. The zero-order chi connectivity index (χ0) is 13.2. The van der Waals surface area contributed by atoms with Crippen LogP contribution in [0, 0.1) is 0 Å². The Morgan fingerprint density at radius 2 is 2.11 bits per heavy atom. The first-order chi connectivity index (χ1) is 8.41. The van der Waals surface area contributed by atoms with Crippen molar-refractivity contribution in [3.63, 3.8) is 0 Å². The summed E-state index contributed by atoms with van der Waals surface area (Å²) in [4.78, 5) is 0. The molecule has 1 aliphatic rings. The highest BCUT2D eigenvalue weighted by Crippen LogP contribution is 2.36. The molecular formula is C13H19NO3S. The molecule has 2 N–H and O–H groups in total. The smallest absolute Gasteiger partial charge is 0.264 e. The van der Waals surface area contributed by atoms with Crippen LogP contribution in [0.5, 0.6) is 0 Å². The molecule has 100 valence electrons. The number of nitrogens with one attached hydrogen (secondary N) is 1. The molecule has 4 nitrogen and oxygen atoms in total. The van der Waals surface area contributed by atoms with Gasteiger partial charge in [-0.25, -0.2) is 0 Å². The van der Waals surface area contributed by atoms with Crippen LogP contribution < -0.4 is 5.32 Å². The Balaban J connectivity index is 1.94. The maximum absolute atomic E-state index is 10.6. The van der Waals surface area contributed by atoms with E-state index in [1.165, 1.54) is 11.1 Å². The summed E-state index contributed by atoms with van der Waals surface area (Å²) < 4.78 is 29.9. The highest BCUT2D eigenvalue weighted by molar-refractivity contribution is 7.85. The summed E-state index contributed by atoms with van der Waals surface area (Å²) in [7, 11) is -3.84. The fraction of sp³-hybridized carbons (Fsp3) is 0.538. The van der Waals surface area contributed by atoms with E-state index in [0.717, 1.165) is 12.8 Å². The minimum Gasteiger partial charge on any atom is -0.308 e. The van der Waals surface area contributed by atoms with Gasteiger partial charge < -0.3 is 5.32 Å². The first-order valence-electron chi connectivity index (χ1n) is 6.19. The number of benzene rings is 1. The van der Waals surface area contributed by atoms with Crippen molar-refractivity contribution in [3.8, 4) is 0 Å². The Morgan fingerprint density at radius 1 is 1.39 bits per heavy atom. The molecule has 1 aromatic carbocycles. The van der Waals surface area contributed by atoms with E-state index in [1.54, 1.807) is 0 Å². The van der Waals surface area contributed by atoms with Crippen molar-refractivity contribution in [1.29, 1.82) is 0 Å². The van der Waals surface area contributed by atoms with Crippen molar-refractivity contribution in [1.82, 2.24) is 5.32 Å². The lowest BCUT2D eigenvalue weighted by atomic mass is 9.94. The third kappa shape index (κ3) is 3.10. The minimum absolute atomic E-state index is 0.0736. The predicted octanol–water partition coefficient (Wildman–Crippen LogP) is 1.72. The van der Waals surface area contributed by atoms with Crippen LogP contribution in [0.15, 0.2) is 24.3 Å². The van der Waals surface area contributed by atoms with Crippen molar-refractivity contribution in [3.05, 3.63) is 35.4 Å². The Labute approximate surface area is 108 Å². The summed E-state index contributed by atoms with van der Waals surface area (Å²) in [6, 6.07) is 8.34. The Bertz CT molecular complexity index is 527. The van der Waals surface area contributed by atoms with Crippen LogP contribution in [0.25, 0.3) is 0 Å². The molecule has 0 saturated carbocycles. The van der Waals surface area contributed by atoms with Crippen LogP contribution in [0.4, 0.5) is 0 Å². The number of hydrogen-bond acceptors (Lipinski definition) is 3. The Hall–Kier alpha value is -0.910. The lowest BCUT2D eigenvalue weighted by Gasteiger charge is -2.27. The van der Waals surface area contributed by atoms with Gasteiger partial charge in [0.1, 0.15) is 0 Å². The molecule has 1 atom stereocenters. The van der Waals surface area contributed by atoms with Crippen molar-refractivity contribution >= 4 is 10.1 Å². The normalized spacial score (nSPS) is 23.0. The molecule has 0 aliphatic heterocycles. The van der Waals surface area contributed by atoms with Crippen molar-refractivity contribution in [2.45, 2.75) is 31.7 Å². The number of aryl methyl sites for hydroxylation is 1. The second-order valence-corrected chi connectivity index (χ2v) is 6.63. The summed E-state index contributed by atoms with van der Waals surface area (Å²) in [5.74, 6) is -0.183. The average molecular weight is 269 g/mol. The van der Waals surface area contributed by atoms with E-state index in [0.29, 0.717) is 13.0 Å². The standard InChI is InChI=1S/C13H19NO3S/c1-13(14-9-4-10-18(15,16)17)8-7-11-5-2-3-6-12(11)13/h2-3,5-6,14H,4,7-10H2,1H3,(H,15,16,17)/t13-/m0/s1. The van der Waals surface area contributed by atoms with E-state index < -0.39 is 10.1 Å². The third-order valence-corrected chi connectivity index (χ3v) is 4.40. The molecular weight excluding hydrogens is 250 g/mol. The predicted molar refractivity (Wildman–Crippen MR) is 71.2 cm³/mol. The van der Waals surface area contributed by atoms with Gasteiger partial charge in [0.2, 0.25) is 0 Å². The molecule has 1 aliphatic carbocycles. The monoisotopic (exact) mass is 269 g/mol. The van der Waals surface area contributed by atoms with Crippen LogP contribution in [0.1, 0.15) is 30.9 Å². The molecule has 0 fully saturated rings. The summed E-state index contributed by atoms with van der Waals surface area (Å²) in [5, 5.41) is 3.41. The van der Waals surface area contributed by atoms with Gasteiger partial charge >= 0.3 is 0 Å². The van der Waals surface area contributed by atoms with Gasteiger partial charge in [0, 0.05) is 5.54 Å². The summed E-state index contributed by atoms with van der Waals surface area (Å²) in [5.41, 5.74) is 2.59. The van der Waals surface area contributed by atoms with Crippen LogP contribution >= 0.6 is 0 Å². The summed E-state index contributed by atoms with van der Waals surface area (Å²) in [6.45, 7) is 2.73. The maximum atomic E-state index is 10.6. The molecule has 0 bridgehead atoms. The van der Waals surface area contributed by atoms with Crippen LogP contribution in [0.3, 0.4) is 0 Å². The maximum Gasteiger partial charge on any atom is 0.264 e. The SMILES string of the molecule is C[C@]1(NCCCS(=O)(=O)O)CCc2ccccc21. The van der Waals surface area contributed by atoms with Gasteiger partial charge in [-0.15, -0.1) is 0 Å². The van der Waals surface area contributed by atoms with E-state index in [2.05, 4.69) is 24.4 Å². The topological polar surface area (TPSA) is 66.4 Å². The molecule has 18 heavy (non-hydrogen) atoms. The van der Waals surface area contributed by atoms with Gasteiger partial charge in [-0.05, 0) is 43.9 Å². The van der Waals surface area contributed by atoms with Gasteiger partial charge in [0.25, 0.3) is 10.1 Å². The molecule has 0 saturated heterocycles. The van der Waals surface area contributed by atoms with E-state index in [4.69, 9.17) is 4.55 Å². The van der Waals surface area contributed by atoms with Crippen molar-refractivity contribution in [2.24, 2.45) is 0 Å². The molecule has 0 radical (unpaired) electrons. The largest absolute Gasteiger partial charge is 0.308 e. The van der Waals surface area contributed by atoms with Gasteiger partial charge in [0.15, 0.2) is 0 Å². The molecule has 0 amide bonds. The van der Waals surface area contributed by atoms with Gasteiger partial charge in [-0.2, -0.15) is 8.42 Å².